The lowest BCUT2D eigenvalue weighted by molar-refractivity contribution is -0.137. The van der Waals surface area contributed by atoms with Crippen LogP contribution in [0.4, 0.5) is 5.69 Å². The topological polar surface area (TPSA) is 92.0 Å². The molecule has 0 spiro atoms. The van der Waals surface area contributed by atoms with Crippen LogP contribution in [0.1, 0.15) is 46.6 Å². The highest BCUT2D eigenvalue weighted by molar-refractivity contribution is 5.94. The summed E-state index contributed by atoms with van der Waals surface area (Å²) in [6.45, 7) is 4.72. The number of benzene rings is 3. The number of ether oxygens (including phenoxy) is 1. The van der Waals surface area contributed by atoms with Gasteiger partial charge in [0.1, 0.15) is 23.7 Å². The van der Waals surface area contributed by atoms with Gasteiger partial charge in [-0.2, -0.15) is 0 Å². The third-order valence-corrected chi connectivity index (χ3v) is 6.11. The number of hydrogen-bond acceptors (Lipinski definition) is 5. The Hall–Kier alpha value is -4.26. The van der Waals surface area contributed by atoms with E-state index in [-0.39, 0.29) is 24.9 Å². The number of carboxylic acids is 1. The van der Waals surface area contributed by atoms with Gasteiger partial charge in [-0.3, -0.25) is 9.59 Å². The van der Waals surface area contributed by atoms with Gasteiger partial charge in [-0.25, -0.2) is 0 Å². The molecule has 3 aromatic carbocycles. The van der Waals surface area contributed by atoms with Crippen molar-refractivity contribution in [3.8, 4) is 5.75 Å². The van der Waals surface area contributed by atoms with Crippen molar-refractivity contribution < 1.29 is 23.8 Å². The Balaban J connectivity index is 1.42. The third-order valence-electron chi connectivity index (χ3n) is 6.11. The van der Waals surface area contributed by atoms with Gasteiger partial charge in [-0.1, -0.05) is 30.3 Å². The smallest absolute Gasteiger partial charge is 0.305 e. The van der Waals surface area contributed by atoms with Crippen LogP contribution in [0.5, 0.6) is 5.75 Å². The maximum Gasteiger partial charge on any atom is 0.305 e. The van der Waals surface area contributed by atoms with Crippen LogP contribution in [0.3, 0.4) is 0 Å². The van der Waals surface area contributed by atoms with E-state index in [1.54, 1.807) is 19.2 Å². The summed E-state index contributed by atoms with van der Waals surface area (Å²) < 4.78 is 12.1. The van der Waals surface area contributed by atoms with Crippen molar-refractivity contribution in [1.82, 2.24) is 4.90 Å². The first-order valence-electron chi connectivity index (χ1n) is 11.9. The SMILES string of the molecule is Cc1c(C(C)Nc2ccc(C(=O)N(C)CCC(=O)O)cc2)oc2ccc(OCc3ccccc3)cc12. The number of carbonyl (C=O) groups is 2. The van der Waals surface area contributed by atoms with Gasteiger partial charge in [-0.15, -0.1) is 0 Å². The van der Waals surface area contributed by atoms with E-state index in [9.17, 15) is 9.59 Å². The fourth-order valence-corrected chi connectivity index (χ4v) is 4.07. The number of nitrogens with zero attached hydrogens (tertiary/aromatic N) is 1. The molecular weight excluding hydrogens is 456 g/mol. The number of carbonyl (C=O) groups excluding carboxylic acids is 1. The van der Waals surface area contributed by atoms with Crippen molar-refractivity contribution >= 4 is 28.5 Å². The molecule has 0 aliphatic heterocycles. The summed E-state index contributed by atoms with van der Waals surface area (Å²) in [6, 6.07) is 22.9. The summed E-state index contributed by atoms with van der Waals surface area (Å²) in [5.41, 5.74) is 4.30. The van der Waals surface area contributed by atoms with E-state index in [0.29, 0.717) is 12.2 Å². The molecule has 4 rings (SSSR count). The van der Waals surface area contributed by atoms with Crippen LogP contribution in [0.25, 0.3) is 11.0 Å². The minimum atomic E-state index is -0.931. The number of furan rings is 1. The molecular formula is C29H30N2O5. The fourth-order valence-electron chi connectivity index (χ4n) is 4.07. The predicted molar refractivity (Wildman–Crippen MR) is 139 cm³/mol. The molecule has 1 unspecified atom stereocenters. The first-order valence-corrected chi connectivity index (χ1v) is 11.9. The molecule has 7 nitrogen and oxygen atoms in total. The van der Waals surface area contributed by atoms with Crippen molar-refractivity contribution in [2.75, 3.05) is 18.9 Å². The normalized spacial score (nSPS) is 11.8. The van der Waals surface area contributed by atoms with Crippen molar-refractivity contribution in [3.05, 3.63) is 95.2 Å². The van der Waals surface area contributed by atoms with E-state index in [0.717, 1.165) is 39.3 Å². The third kappa shape index (κ3) is 5.86. The Morgan fingerprint density at radius 2 is 1.78 bits per heavy atom. The molecule has 0 saturated heterocycles. The van der Waals surface area contributed by atoms with Gasteiger partial charge in [-0.05, 0) is 61.9 Å². The predicted octanol–water partition coefficient (Wildman–Crippen LogP) is 6.04. The second-order valence-corrected chi connectivity index (χ2v) is 8.84. The van der Waals surface area contributed by atoms with Crippen LogP contribution in [0.15, 0.2) is 77.2 Å². The highest BCUT2D eigenvalue weighted by Crippen LogP contribution is 2.33. The second kappa shape index (κ2) is 11.0. The minimum absolute atomic E-state index is 0.0864. The number of fused-ring (bicyclic) bond motifs is 1. The summed E-state index contributed by atoms with van der Waals surface area (Å²) in [7, 11) is 1.60. The van der Waals surface area contributed by atoms with Crippen molar-refractivity contribution in [2.24, 2.45) is 0 Å². The van der Waals surface area contributed by atoms with Gasteiger partial charge in [0.25, 0.3) is 5.91 Å². The van der Waals surface area contributed by atoms with Crippen LogP contribution in [-0.4, -0.2) is 35.5 Å². The van der Waals surface area contributed by atoms with E-state index < -0.39 is 5.97 Å². The van der Waals surface area contributed by atoms with Gasteiger partial charge in [0, 0.05) is 35.8 Å². The number of rotatable bonds is 10. The minimum Gasteiger partial charge on any atom is -0.489 e. The molecule has 0 aliphatic carbocycles. The largest absolute Gasteiger partial charge is 0.489 e. The van der Waals surface area contributed by atoms with E-state index in [2.05, 4.69) is 5.32 Å². The standard InChI is InChI=1S/C29H30N2O5/c1-19-25-17-24(35-18-21-7-5-4-6-8-21)13-14-26(25)36-28(19)20(2)30-23-11-9-22(10-12-23)29(34)31(3)16-15-27(32)33/h4-14,17,20,30H,15-16,18H2,1-3H3,(H,32,33). The van der Waals surface area contributed by atoms with Gasteiger partial charge < -0.3 is 24.5 Å². The zero-order chi connectivity index (χ0) is 25.7. The van der Waals surface area contributed by atoms with Crippen LogP contribution >= 0.6 is 0 Å². The Kier molecular flexibility index (Phi) is 7.59. The maximum atomic E-state index is 12.5. The second-order valence-electron chi connectivity index (χ2n) is 8.84. The fraction of sp³-hybridized carbons (Fsp3) is 0.241. The van der Waals surface area contributed by atoms with Crippen LogP contribution in [0.2, 0.25) is 0 Å². The lowest BCUT2D eigenvalue weighted by Crippen LogP contribution is -2.29. The first kappa shape index (κ1) is 24.9. The lowest BCUT2D eigenvalue weighted by Gasteiger charge is -2.17. The Morgan fingerprint density at radius 3 is 2.47 bits per heavy atom. The van der Waals surface area contributed by atoms with Gasteiger partial charge >= 0.3 is 5.97 Å². The molecule has 0 bridgehead atoms. The zero-order valence-electron chi connectivity index (χ0n) is 20.7. The van der Waals surface area contributed by atoms with E-state index in [1.165, 1.54) is 4.90 Å². The van der Waals surface area contributed by atoms with Gasteiger partial charge in [0.2, 0.25) is 0 Å². The quantitative estimate of drug-likeness (QED) is 0.284. The Bertz CT molecular complexity index is 1350. The lowest BCUT2D eigenvalue weighted by atomic mass is 10.1. The molecule has 186 valence electrons. The molecule has 1 amide bonds. The number of aliphatic carboxylic acids is 1. The molecule has 1 heterocycles. The zero-order valence-corrected chi connectivity index (χ0v) is 20.7. The maximum absolute atomic E-state index is 12.5. The number of amides is 1. The summed E-state index contributed by atoms with van der Waals surface area (Å²) in [5.74, 6) is 0.476. The van der Waals surface area contributed by atoms with E-state index >= 15 is 0 Å². The van der Waals surface area contributed by atoms with Crippen LogP contribution < -0.4 is 10.1 Å². The summed E-state index contributed by atoms with van der Waals surface area (Å²) in [5, 5.41) is 13.3. The summed E-state index contributed by atoms with van der Waals surface area (Å²) in [4.78, 5) is 24.7. The molecule has 0 aliphatic rings. The molecule has 0 radical (unpaired) electrons. The Morgan fingerprint density at radius 1 is 1.06 bits per heavy atom. The van der Waals surface area contributed by atoms with E-state index in [1.807, 2.05) is 74.5 Å². The number of aryl methyl sites for hydroxylation is 1. The monoisotopic (exact) mass is 486 g/mol. The van der Waals surface area contributed by atoms with Crippen LogP contribution in [-0.2, 0) is 11.4 Å². The number of anilines is 1. The molecule has 0 fully saturated rings. The average Bonchev–Trinajstić information content (AvgIpc) is 3.22. The molecule has 1 aromatic heterocycles. The summed E-state index contributed by atoms with van der Waals surface area (Å²) >= 11 is 0. The highest BCUT2D eigenvalue weighted by Gasteiger charge is 2.18. The van der Waals surface area contributed by atoms with Crippen molar-refractivity contribution in [3.63, 3.8) is 0 Å². The first-order chi connectivity index (χ1) is 17.3. The van der Waals surface area contributed by atoms with Crippen LogP contribution in [0, 0.1) is 6.92 Å². The average molecular weight is 487 g/mol. The van der Waals surface area contributed by atoms with Gasteiger partial charge in [0.05, 0.1) is 12.5 Å². The summed E-state index contributed by atoms with van der Waals surface area (Å²) in [6.07, 6.45) is -0.0864. The Labute approximate surface area is 210 Å². The van der Waals surface area contributed by atoms with Crippen molar-refractivity contribution in [2.45, 2.75) is 32.9 Å². The van der Waals surface area contributed by atoms with E-state index in [4.69, 9.17) is 14.3 Å². The molecule has 36 heavy (non-hydrogen) atoms. The molecule has 4 aromatic rings. The molecule has 2 N–H and O–H groups in total. The molecule has 7 heteroatoms. The van der Waals surface area contributed by atoms with Gasteiger partial charge in [0.15, 0.2) is 0 Å². The number of hydrogen-bond donors (Lipinski definition) is 2. The molecule has 0 saturated carbocycles. The highest BCUT2D eigenvalue weighted by atomic mass is 16.5. The van der Waals surface area contributed by atoms with Crippen molar-refractivity contribution in [1.29, 1.82) is 0 Å². The number of nitrogens with one attached hydrogen (secondary N) is 1. The molecule has 1 atom stereocenters. The number of carboxylic acid groups (broad SMARTS) is 1.